The number of carbonyl (C=O) groups excluding carboxylic acids is 2. The average molecular weight is 386 g/mol. The van der Waals surface area contributed by atoms with E-state index in [1.54, 1.807) is 6.08 Å². The molecule has 0 spiro atoms. The van der Waals surface area contributed by atoms with E-state index in [1.165, 1.54) is 5.57 Å². The number of aliphatic hydroxyl groups excluding tert-OH is 1. The molecule has 0 aromatic carbocycles. The van der Waals surface area contributed by atoms with E-state index in [0.717, 1.165) is 37.5 Å². The molecule has 28 heavy (non-hydrogen) atoms. The highest BCUT2D eigenvalue weighted by atomic mass is 16.5. The Hall–Kier alpha value is -1.46. The third-order valence-corrected chi connectivity index (χ3v) is 9.07. The average Bonchev–Trinajstić information content (AvgIpc) is 3.23. The molecule has 2 N–H and O–H groups in total. The normalized spacial score (nSPS) is 50.0. The van der Waals surface area contributed by atoms with Gasteiger partial charge in [-0.15, -0.1) is 0 Å². The Morgan fingerprint density at radius 2 is 2.04 bits per heavy atom. The first kappa shape index (κ1) is 18.6. The van der Waals surface area contributed by atoms with Gasteiger partial charge in [0.2, 0.25) is 0 Å². The highest BCUT2D eigenvalue weighted by Gasteiger charge is 2.65. The number of rotatable bonds is 2. The van der Waals surface area contributed by atoms with Crippen molar-refractivity contribution in [3.8, 4) is 0 Å². The van der Waals surface area contributed by atoms with Crippen LogP contribution in [-0.2, 0) is 14.3 Å². The zero-order valence-electron chi connectivity index (χ0n) is 16.5. The molecule has 5 nitrogen and oxygen atoms in total. The summed E-state index contributed by atoms with van der Waals surface area (Å²) in [5.41, 5.74) is 0.739. The van der Waals surface area contributed by atoms with Crippen LogP contribution < -0.4 is 0 Å². The van der Waals surface area contributed by atoms with Crippen LogP contribution in [0.25, 0.3) is 0 Å². The van der Waals surface area contributed by atoms with Crippen molar-refractivity contribution in [1.82, 2.24) is 0 Å². The molecule has 0 unspecified atom stereocenters. The number of allylic oxidation sites excluding steroid dienone is 2. The summed E-state index contributed by atoms with van der Waals surface area (Å²) in [6, 6.07) is 0. The topological polar surface area (TPSA) is 83.8 Å². The van der Waals surface area contributed by atoms with Crippen molar-refractivity contribution < 1.29 is 24.5 Å². The Morgan fingerprint density at radius 1 is 1.21 bits per heavy atom. The van der Waals surface area contributed by atoms with Crippen LogP contribution in [0.1, 0.15) is 58.3 Å². The van der Waals surface area contributed by atoms with Gasteiger partial charge in [0.05, 0.1) is 17.1 Å². The van der Waals surface area contributed by atoms with E-state index in [0.29, 0.717) is 44.1 Å². The molecule has 1 aliphatic heterocycles. The number of hydrogen-bond donors (Lipinski definition) is 2. The quantitative estimate of drug-likeness (QED) is 0.433. The summed E-state index contributed by atoms with van der Waals surface area (Å²) >= 11 is 0. The van der Waals surface area contributed by atoms with Gasteiger partial charge in [0.15, 0.2) is 0 Å². The highest BCUT2D eigenvalue weighted by Crippen LogP contribution is 2.67. The first-order valence-electron chi connectivity index (χ1n) is 10.8. The van der Waals surface area contributed by atoms with Crippen LogP contribution >= 0.6 is 0 Å². The van der Waals surface area contributed by atoms with Gasteiger partial charge in [-0.2, -0.15) is 0 Å². The number of hydrogen-bond acceptors (Lipinski definition) is 5. The summed E-state index contributed by atoms with van der Waals surface area (Å²) in [4.78, 5) is 24.0. The molecule has 5 heteroatoms. The number of carbonyl (C=O) groups is 2. The molecule has 0 aromatic heterocycles. The lowest BCUT2D eigenvalue weighted by atomic mass is 9.44. The van der Waals surface area contributed by atoms with Crippen molar-refractivity contribution in [2.75, 3.05) is 6.61 Å². The molecule has 0 aromatic rings. The van der Waals surface area contributed by atoms with Gasteiger partial charge >= 0.3 is 5.97 Å². The first-order chi connectivity index (χ1) is 13.3. The van der Waals surface area contributed by atoms with E-state index >= 15 is 0 Å². The van der Waals surface area contributed by atoms with E-state index in [9.17, 15) is 19.8 Å². The highest BCUT2D eigenvalue weighted by molar-refractivity contribution is 5.85. The van der Waals surface area contributed by atoms with E-state index in [4.69, 9.17) is 4.74 Å². The predicted molar refractivity (Wildman–Crippen MR) is 102 cm³/mol. The SMILES string of the molecule is C[C@]12CC[C@@H]3[C@H](CC[C@]4(O)C[C@H](O)CC[C@]34C=O)C1=CC[C@H]2C1=CC(=O)OC1. The summed E-state index contributed by atoms with van der Waals surface area (Å²) in [6.45, 7) is 2.72. The van der Waals surface area contributed by atoms with Crippen LogP contribution in [0.5, 0.6) is 0 Å². The van der Waals surface area contributed by atoms with Gasteiger partial charge in [-0.1, -0.05) is 18.6 Å². The lowest BCUT2D eigenvalue weighted by molar-refractivity contribution is -0.200. The minimum atomic E-state index is -1.08. The Morgan fingerprint density at radius 3 is 2.75 bits per heavy atom. The summed E-state index contributed by atoms with van der Waals surface area (Å²) in [5, 5.41) is 21.6. The number of ether oxygens (including phenoxy) is 1. The third kappa shape index (κ3) is 2.26. The number of aldehydes is 1. The van der Waals surface area contributed by atoms with Gasteiger partial charge in [-0.25, -0.2) is 4.79 Å². The van der Waals surface area contributed by atoms with Crippen LogP contribution in [0.4, 0.5) is 0 Å². The fourth-order valence-corrected chi connectivity index (χ4v) is 7.67. The molecule has 1 heterocycles. The van der Waals surface area contributed by atoms with E-state index in [-0.39, 0.29) is 17.3 Å². The van der Waals surface area contributed by atoms with Gasteiger partial charge in [-0.3, -0.25) is 0 Å². The Balaban J connectivity index is 1.48. The van der Waals surface area contributed by atoms with Crippen LogP contribution in [0.3, 0.4) is 0 Å². The molecule has 0 saturated heterocycles. The molecule has 7 atom stereocenters. The van der Waals surface area contributed by atoms with Crippen LogP contribution in [0.15, 0.2) is 23.3 Å². The van der Waals surface area contributed by atoms with Crippen molar-refractivity contribution in [2.24, 2.45) is 28.6 Å². The summed E-state index contributed by atoms with van der Waals surface area (Å²) in [7, 11) is 0. The van der Waals surface area contributed by atoms with Gasteiger partial charge in [-0.05, 0) is 73.7 Å². The van der Waals surface area contributed by atoms with Gasteiger partial charge in [0, 0.05) is 12.5 Å². The molecular weight excluding hydrogens is 356 g/mol. The van der Waals surface area contributed by atoms with Crippen molar-refractivity contribution in [1.29, 1.82) is 0 Å². The molecule has 0 bridgehead atoms. The zero-order chi connectivity index (χ0) is 19.7. The van der Waals surface area contributed by atoms with Crippen LogP contribution in [0, 0.1) is 28.6 Å². The maximum atomic E-state index is 12.4. The van der Waals surface area contributed by atoms with E-state index in [1.807, 2.05) is 0 Å². The molecule has 5 rings (SSSR count). The minimum absolute atomic E-state index is 0.00862. The largest absolute Gasteiger partial charge is 0.458 e. The van der Waals surface area contributed by atoms with Crippen molar-refractivity contribution >= 4 is 12.3 Å². The standard InChI is InChI=1S/C23H30O5/c1-21-7-6-19-16(18(21)3-2-17(21)14-10-20(26)28-12-14)5-9-23(27)11-15(25)4-8-22(19,23)13-24/h3,10,13,15-17,19,25,27H,2,4-9,11-12H2,1H3/t15-,16-,17+,19-,21-,22+,23+/m1/s1. The Kier molecular flexibility index (Phi) is 3.99. The number of cyclic esters (lactones) is 1. The molecule has 4 aliphatic carbocycles. The fourth-order valence-electron chi connectivity index (χ4n) is 7.67. The second-order valence-electron chi connectivity index (χ2n) is 10.1. The number of aliphatic hydroxyl groups is 2. The molecular formula is C23H30O5. The zero-order valence-corrected chi connectivity index (χ0v) is 16.5. The Labute approximate surface area is 165 Å². The maximum Gasteiger partial charge on any atom is 0.331 e. The number of esters is 1. The maximum absolute atomic E-state index is 12.4. The van der Waals surface area contributed by atoms with Crippen molar-refractivity contribution in [3.05, 3.63) is 23.3 Å². The minimum Gasteiger partial charge on any atom is -0.458 e. The van der Waals surface area contributed by atoms with Gasteiger partial charge in [0.25, 0.3) is 0 Å². The van der Waals surface area contributed by atoms with Crippen LogP contribution in [-0.4, -0.2) is 40.8 Å². The molecule has 0 radical (unpaired) electrons. The lowest BCUT2D eigenvalue weighted by Gasteiger charge is -2.61. The van der Waals surface area contributed by atoms with Gasteiger partial charge in [0.1, 0.15) is 12.9 Å². The van der Waals surface area contributed by atoms with E-state index in [2.05, 4.69) is 13.0 Å². The van der Waals surface area contributed by atoms with E-state index < -0.39 is 17.1 Å². The molecule has 0 amide bonds. The first-order valence-corrected chi connectivity index (χ1v) is 10.8. The number of fused-ring (bicyclic) bond motifs is 5. The van der Waals surface area contributed by atoms with Crippen molar-refractivity contribution in [3.63, 3.8) is 0 Å². The lowest BCUT2D eigenvalue weighted by Crippen LogP contribution is -2.64. The smallest absolute Gasteiger partial charge is 0.331 e. The molecule has 3 saturated carbocycles. The summed E-state index contributed by atoms with van der Waals surface area (Å²) < 4.78 is 5.18. The third-order valence-electron chi connectivity index (χ3n) is 9.07. The molecule has 5 aliphatic rings. The second kappa shape index (κ2) is 6.02. The molecule has 3 fully saturated rings. The van der Waals surface area contributed by atoms with Crippen LogP contribution in [0.2, 0.25) is 0 Å². The summed E-state index contributed by atoms with van der Waals surface area (Å²) in [6.07, 6.45) is 10.3. The predicted octanol–water partition coefficient (Wildman–Crippen LogP) is 2.70. The van der Waals surface area contributed by atoms with Crippen molar-refractivity contribution in [2.45, 2.75) is 70.0 Å². The fraction of sp³-hybridized carbons (Fsp3) is 0.739. The second-order valence-corrected chi connectivity index (χ2v) is 10.1. The monoisotopic (exact) mass is 386 g/mol. The molecule has 152 valence electrons. The van der Waals surface area contributed by atoms with Gasteiger partial charge < -0.3 is 19.7 Å². The Bertz CT molecular complexity index is 784. The summed E-state index contributed by atoms with van der Waals surface area (Å²) in [5.74, 6) is 0.521.